The maximum Gasteiger partial charge on any atom is 0.336 e. The Morgan fingerprint density at radius 2 is 1.62 bits per heavy atom. The number of carboxylic acid groups (broad SMARTS) is 1. The molecule has 1 heterocycles. The van der Waals surface area contributed by atoms with Crippen LogP contribution in [0.25, 0.3) is 21.6 Å². The summed E-state index contributed by atoms with van der Waals surface area (Å²) < 4.78 is 0. The first-order chi connectivity index (χ1) is 12.5. The van der Waals surface area contributed by atoms with E-state index in [0.29, 0.717) is 12.0 Å². The Morgan fingerprint density at radius 3 is 2.19 bits per heavy atom. The van der Waals surface area contributed by atoms with Gasteiger partial charge in [-0.05, 0) is 89.2 Å². The minimum absolute atomic E-state index is 0.446. The molecule has 0 aliphatic heterocycles. The van der Waals surface area contributed by atoms with Gasteiger partial charge in [-0.3, -0.25) is 0 Å². The fourth-order valence-corrected chi connectivity index (χ4v) is 4.44. The normalized spacial score (nSPS) is 10.9. The molecule has 0 radical (unpaired) electrons. The SMILES string of the molecule is CCc1cc(-c2c(C)cc(-c3cccs3)cc2CC)cc(C)c1C(=O)O. The van der Waals surface area contributed by atoms with E-state index in [-0.39, 0.29) is 0 Å². The van der Waals surface area contributed by atoms with Gasteiger partial charge in [0, 0.05) is 4.88 Å². The lowest BCUT2D eigenvalue weighted by molar-refractivity contribution is 0.0695. The Kier molecular flexibility index (Phi) is 5.28. The minimum atomic E-state index is -0.841. The Morgan fingerprint density at radius 1 is 0.962 bits per heavy atom. The molecule has 3 heteroatoms. The highest BCUT2D eigenvalue weighted by Crippen LogP contribution is 2.36. The highest BCUT2D eigenvalue weighted by Gasteiger charge is 2.17. The van der Waals surface area contributed by atoms with E-state index in [2.05, 4.69) is 49.6 Å². The van der Waals surface area contributed by atoms with Gasteiger partial charge in [0.2, 0.25) is 0 Å². The van der Waals surface area contributed by atoms with Crippen LogP contribution in [0.1, 0.15) is 46.5 Å². The summed E-state index contributed by atoms with van der Waals surface area (Å²) in [5, 5.41) is 11.6. The minimum Gasteiger partial charge on any atom is -0.478 e. The molecule has 0 saturated heterocycles. The van der Waals surface area contributed by atoms with Crippen LogP contribution in [0.5, 0.6) is 0 Å². The number of carboxylic acids is 1. The molecule has 0 fully saturated rings. The van der Waals surface area contributed by atoms with Gasteiger partial charge in [0.25, 0.3) is 0 Å². The molecule has 134 valence electrons. The Hall–Kier alpha value is -2.39. The van der Waals surface area contributed by atoms with Crippen molar-refractivity contribution in [1.29, 1.82) is 0 Å². The molecule has 3 aromatic rings. The molecule has 2 nitrogen and oxygen atoms in total. The number of aryl methyl sites for hydroxylation is 4. The summed E-state index contributed by atoms with van der Waals surface area (Å²) in [6, 6.07) is 12.8. The van der Waals surface area contributed by atoms with Crippen LogP contribution in [0.4, 0.5) is 0 Å². The third-order valence-corrected chi connectivity index (χ3v) is 5.82. The Bertz CT molecular complexity index is 953. The molecule has 0 aliphatic carbocycles. The molecule has 26 heavy (non-hydrogen) atoms. The predicted molar refractivity (Wildman–Crippen MR) is 110 cm³/mol. The van der Waals surface area contributed by atoms with Crippen molar-refractivity contribution in [3.63, 3.8) is 0 Å². The molecule has 0 spiro atoms. The number of benzene rings is 2. The molecule has 1 aromatic heterocycles. The summed E-state index contributed by atoms with van der Waals surface area (Å²) in [5.41, 5.74) is 8.33. The molecule has 0 saturated carbocycles. The second kappa shape index (κ2) is 7.46. The van der Waals surface area contributed by atoms with E-state index < -0.39 is 5.97 Å². The lowest BCUT2D eigenvalue weighted by Gasteiger charge is -2.17. The van der Waals surface area contributed by atoms with Crippen molar-refractivity contribution in [3.05, 3.63) is 69.6 Å². The van der Waals surface area contributed by atoms with E-state index in [1.165, 1.54) is 27.1 Å². The summed E-state index contributed by atoms with van der Waals surface area (Å²) in [6.07, 6.45) is 1.65. The molecule has 0 aliphatic rings. The van der Waals surface area contributed by atoms with Crippen LogP contribution in [0.15, 0.2) is 41.8 Å². The van der Waals surface area contributed by atoms with Crippen molar-refractivity contribution in [2.75, 3.05) is 0 Å². The summed E-state index contributed by atoms with van der Waals surface area (Å²) in [6.45, 7) is 8.24. The molecule has 2 aromatic carbocycles. The molecular weight excluding hydrogens is 340 g/mol. The third-order valence-electron chi connectivity index (χ3n) is 4.90. The first-order valence-corrected chi connectivity index (χ1v) is 9.88. The summed E-state index contributed by atoms with van der Waals surface area (Å²) >= 11 is 1.75. The van der Waals surface area contributed by atoms with E-state index in [4.69, 9.17) is 0 Å². The smallest absolute Gasteiger partial charge is 0.336 e. The quantitative estimate of drug-likeness (QED) is 0.559. The zero-order valence-corrected chi connectivity index (χ0v) is 16.5. The van der Waals surface area contributed by atoms with Gasteiger partial charge in [-0.15, -0.1) is 11.3 Å². The van der Waals surface area contributed by atoms with Gasteiger partial charge >= 0.3 is 5.97 Å². The van der Waals surface area contributed by atoms with Crippen LogP contribution in [0.2, 0.25) is 0 Å². The Balaban J connectivity index is 2.21. The van der Waals surface area contributed by atoms with Crippen molar-refractivity contribution in [2.45, 2.75) is 40.5 Å². The first kappa shape index (κ1) is 18.4. The van der Waals surface area contributed by atoms with Crippen molar-refractivity contribution in [1.82, 2.24) is 0 Å². The average Bonchev–Trinajstić information content (AvgIpc) is 3.14. The zero-order chi connectivity index (χ0) is 18.8. The number of rotatable bonds is 5. The van der Waals surface area contributed by atoms with Gasteiger partial charge in [0.05, 0.1) is 5.56 Å². The van der Waals surface area contributed by atoms with Gasteiger partial charge in [0.1, 0.15) is 0 Å². The standard InChI is InChI=1S/C23H24O2S/c1-5-16-12-18(20-8-7-9-26-20)10-14(3)21(16)19-11-15(4)22(23(24)25)17(6-2)13-19/h7-13H,5-6H2,1-4H3,(H,24,25). The third kappa shape index (κ3) is 3.32. The number of hydrogen-bond donors (Lipinski definition) is 1. The van der Waals surface area contributed by atoms with Crippen molar-refractivity contribution in [3.8, 4) is 21.6 Å². The largest absolute Gasteiger partial charge is 0.478 e. The van der Waals surface area contributed by atoms with Crippen LogP contribution < -0.4 is 0 Å². The van der Waals surface area contributed by atoms with E-state index in [1.807, 2.05) is 19.9 Å². The van der Waals surface area contributed by atoms with Gasteiger partial charge < -0.3 is 5.11 Å². The van der Waals surface area contributed by atoms with Crippen LogP contribution in [0, 0.1) is 13.8 Å². The Labute approximate surface area is 159 Å². The van der Waals surface area contributed by atoms with Gasteiger partial charge in [-0.1, -0.05) is 32.0 Å². The van der Waals surface area contributed by atoms with E-state index in [9.17, 15) is 9.90 Å². The van der Waals surface area contributed by atoms with Crippen molar-refractivity contribution < 1.29 is 9.90 Å². The zero-order valence-electron chi connectivity index (χ0n) is 15.7. The predicted octanol–water partition coefficient (Wildman–Crippen LogP) is 6.52. The fraction of sp³-hybridized carbons (Fsp3) is 0.261. The average molecular weight is 365 g/mol. The lowest BCUT2D eigenvalue weighted by atomic mass is 9.87. The fourth-order valence-electron chi connectivity index (χ4n) is 3.73. The number of carbonyl (C=O) groups is 1. The summed E-state index contributed by atoms with van der Waals surface area (Å²) in [4.78, 5) is 12.9. The lowest BCUT2D eigenvalue weighted by Crippen LogP contribution is -2.06. The van der Waals surface area contributed by atoms with Crippen LogP contribution in [-0.2, 0) is 12.8 Å². The maximum absolute atomic E-state index is 11.6. The van der Waals surface area contributed by atoms with E-state index in [1.54, 1.807) is 11.3 Å². The molecule has 3 rings (SSSR count). The summed E-state index contributed by atoms with van der Waals surface area (Å²) in [5.74, 6) is -0.841. The van der Waals surface area contributed by atoms with Crippen LogP contribution in [-0.4, -0.2) is 11.1 Å². The summed E-state index contributed by atoms with van der Waals surface area (Å²) in [7, 11) is 0. The molecule has 0 bridgehead atoms. The monoisotopic (exact) mass is 364 g/mol. The van der Waals surface area contributed by atoms with E-state index >= 15 is 0 Å². The van der Waals surface area contributed by atoms with Gasteiger partial charge in [-0.25, -0.2) is 4.79 Å². The van der Waals surface area contributed by atoms with Crippen molar-refractivity contribution in [2.24, 2.45) is 0 Å². The highest BCUT2D eigenvalue weighted by atomic mass is 32.1. The highest BCUT2D eigenvalue weighted by molar-refractivity contribution is 7.13. The van der Waals surface area contributed by atoms with Crippen LogP contribution in [0.3, 0.4) is 0 Å². The molecule has 0 unspecified atom stereocenters. The van der Waals surface area contributed by atoms with E-state index in [0.717, 1.165) is 23.1 Å². The maximum atomic E-state index is 11.6. The molecular formula is C23H24O2S. The number of aromatic carboxylic acids is 1. The molecule has 1 N–H and O–H groups in total. The first-order valence-electron chi connectivity index (χ1n) is 9.00. The van der Waals surface area contributed by atoms with Gasteiger partial charge in [-0.2, -0.15) is 0 Å². The second-order valence-corrected chi connectivity index (χ2v) is 7.59. The topological polar surface area (TPSA) is 37.3 Å². The second-order valence-electron chi connectivity index (χ2n) is 6.64. The van der Waals surface area contributed by atoms with Gasteiger partial charge in [0.15, 0.2) is 0 Å². The number of thiophene rings is 1. The molecule has 0 amide bonds. The molecule has 0 atom stereocenters. The number of hydrogen-bond acceptors (Lipinski definition) is 2. The van der Waals surface area contributed by atoms with Crippen LogP contribution >= 0.6 is 11.3 Å². The van der Waals surface area contributed by atoms with Crippen molar-refractivity contribution >= 4 is 17.3 Å².